The molecule has 0 aliphatic rings. The standard InChI is InChI=1S/C17H17NO4S/c1-12-4-2-5-13(10-12)18-16(20)11-22-17(21)8-7-14(19)15-6-3-9-23-15/h2-6,9-10H,7-8,11H2,1H3,(H,18,20). The van der Waals surface area contributed by atoms with Crippen LogP contribution in [0.5, 0.6) is 0 Å². The first-order chi connectivity index (χ1) is 11.0. The highest BCUT2D eigenvalue weighted by molar-refractivity contribution is 7.12. The fraction of sp³-hybridized carbons (Fsp3) is 0.235. The molecule has 1 amide bonds. The van der Waals surface area contributed by atoms with Crippen LogP contribution in [0, 0.1) is 6.92 Å². The van der Waals surface area contributed by atoms with Gasteiger partial charge < -0.3 is 10.1 Å². The molecule has 0 spiro atoms. The Morgan fingerprint density at radius 1 is 1.13 bits per heavy atom. The molecule has 1 aromatic heterocycles. The first kappa shape index (κ1) is 16.9. The van der Waals surface area contributed by atoms with E-state index in [0.29, 0.717) is 10.6 Å². The number of carbonyl (C=O) groups is 3. The molecule has 0 saturated carbocycles. The molecule has 1 N–H and O–H groups in total. The Kier molecular flexibility index (Phi) is 6.05. The van der Waals surface area contributed by atoms with Crippen molar-refractivity contribution in [2.75, 3.05) is 11.9 Å². The van der Waals surface area contributed by atoms with Crippen molar-refractivity contribution >= 4 is 34.7 Å². The molecule has 6 heteroatoms. The maximum absolute atomic E-state index is 11.7. The highest BCUT2D eigenvalue weighted by Crippen LogP contribution is 2.12. The number of amides is 1. The summed E-state index contributed by atoms with van der Waals surface area (Å²) in [6.07, 6.45) is 0.0489. The molecule has 5 nitrogen and oxygen atoms in total. The van der Waals surface area contributed by atoms with Crippen molar-refractivity contribution in [3.8, 4) is 0 Å². The van der Waals surface area contributed by atoms with E-state index in [2.05, 4.69) is 5.32 Å². The third-order valence-electron chi connectivity index (χ3n) is 3.02. The van der Waals surface area contributed by atoms with Gasteiger partial charge in [0.1, 0.15) is 0 Å². The Labute approximate surface area is 138 Å². The molecule has 2 aromatic rings. The van der Waals surface area contributed by atoms with Gasteiger partial charge >= 0.3 is 5.97 Å². The molecule has 23 heavy (non-hydrogen) atoms. The maximum atomic E-state index is 11.7. The molecule has 0 unspecified atom stereocenters. The topological polar surface area (TPSA) is 72.5 Å². The van der Waals surface area contributed by atoms with Gasteiger partial charge in [-0.3, -0.25) is 14.4 Å². The molecular formula is C17H17NO4S. The van der Waals surface area contributed by atoms with Crippen LogP contribution < -0.4 is 5.32 Å². The van der Waals surface area contributed by atoms with E-state index in [1.54, 1.807) is 23.6 Å². The monoisotopic (exact) mass is 331 g/mol. The third kappa shape index (κ3) is 5.67. The van der Waals surface area contributed by atoms with Gasteiger partial charge in [0.05, 0.1) is 11.3 Å². The minimum Gasteiger partial charge on any atom is -0.456 e. The zero-order valence-electron chi connectivity index (χ0n) is 12.7. The van der Waals surface area contributed by atoms with Crippen LogP contribution in [0.3, 0.4) is 0 Å². The number of hydrogen-bond donors (Lipinski definition) is 1. The first-order valence-electron chi connectivity index (χ1n) is 7.13. The number of hydrogen-bond acceptors (Lipinski definition) is 5. The van der Waals surface area contributed by atoms with E-state index in [-0.39, 0.29) is 25.2 Å². The van der Waals surface area contributed by atoms with Crippen molar-refractivity contribution in [1.29, 1.82) is 0 Å². The second-order valence-electron chi connectivity index (χ2n) is 4.98. The van der Waals surface area contributed by atoms with Gasteiger partial charge in [-0.25, -0.2) is 0 Å². The predicted octanol–water partition coefficient (Wildman–Crippen LogP) is 3.20. The van der Waals surface area contributed by atoms with Crippen LogP contribution >= 0.6 is 11.3 Å². The molecule has 0 radical (unpaired) electrons. The summed E-state index contributed by atoms with van der Waals surface area (Å²) in [4.78, 5) is 35.6. The van der Waals surface area contributed by atoms with Crippen molar-refractivity contribution in [2.24, 2.45) is 0 Å². The van der Waals surface area contributed by atoms with Gasteiger partial charge in [-0.05, 0) is 36.1 Å². The highest BCUT2D eigenvalue weighted by atomic mass is 32.1. The molecule has 1 aromatic carbocycles. The molecule has 0 bridgehead atoms. The number of aryl methyl sites for hydroxylation is 1. The maximum Gasteiger partial charge on any atom is 0.306 e. The van der Waals surface area contributed by atoms with E-state index in [1.165, 1.54) is 11.3 Å². The largest absolute Gasteiger partial charge is 0.456 e. The van der Waals surface area contributed by atoms with Crippen LogP contribution in [-0.2, 0) is 14.3 Å². The van der Waals surface area contributed by atoms with E-state index < -0.39 is 11.9 Å². The normalized spacial score (nSPS) is 10.1. The van der Waals surface area contributed by atoms with E-state index in [1.807, 2.05) is 25.1 Å². The Morgan fingerprint density at radius 3 is 2.65 bits per heavy atom. The summed E-state index contributed by atoms with van der Waals surface area (Å²) in [6, 6.07) is 10.8. The van der Waals surface area contributed by atoms with Gasteiger partial charge in [0.2, 0.25) is 0 Å². The Morgan fingerprint density at radius 2 is 1.96 bits per heavy atom. The van der Waals surface area contributed by atoms with Gasteiger partial charge in [-0.2, -0.15) is 0 Å². The summed E-state index contributed by atoms with van der Waals surface area (Å²) >= 11 is 1.34. The van der Waals surface area contributed by atoms with Crippen LogP contribution in [0.1, 0.15) is 28.1 Å². The number of rotatable bonds is 7. The lowest BCUT2D eigenvalue weighted by Crippen LogP contribution is -2.21. The van der Waals surface area contributed by atoms with E-state index in [4.69, 9.17) is 4.74 Å². The second-order valence-corrected chi connectivity index (χ2v) is 5.93. The van der Waals surface area contributed by atoms with Crippen molar-refractivity contribution in [1.82, 2.24) is 0 Å². The molecule has 0 aliphatic carbocycles. The first-order valence-corrected chi connectivity index (χ1v) is 8.01. The van der Waals surface area contributed by atoms with Gasteiger partial charge in [0.15, 0.2) is 12.4 Å². The Bertz CT molecular complexity index is 694. The molecule has 0 aliphatic heterocycles. The van der Waals surface area contributed by atoms with E-state index in [9.17, 15) is 14.4 Å². The zero-order chi connectivity index (χ0) is 16.7. The number of nitrogens with one attached hydrogen (secondary N) is 1. The number of carbonyl (C=O) groups excluding carboxylic acids is 3. The summed E-state index contributed by atoms with van der Waals surface area (Å²) in [5.74, 6) is -1.07. The van der Waals surface area contributed by atoms with E-state index >= 15 is 0 Å². The van der Waals surface area contributed by atoms with Crippen LogP contribution in [0.4, 0.5) is 5.69 Å². The number of thiophene rings is 1. The van der Waals surface area contributed by atoms with Crippen LogP contribution in [0.15, 0.2) is 41.8 Å². The van der Waals surface area contributed by atoms with E-state index in [0.717, 1.165) is 5.56 Å². The van der Waals surface area contributed by atoms with Crippen LogP contribution in [0.25, 0.3) is 0 Å². The zero-order valence-corrected chi connectivity index (χ0v) is 13.5. The minimum absolute atomic E-state index is 0.0333. The smallest absolute Gasteiger partial charge is 0.306 e. The lowest BCUT2D eigenvalue weighted by Gasteiger charge is -2.07. The van der Waals surface area contributed by atoms with Crippen molar-refractivity contribution < 1.29 is 19.1 Å². The SMILES string of the molecule is Cc1cccc(NC(=O)COC(=O)CCC(=O)c2cccs2)c1. The fourth-order valence-corrected chi connectivity index (χ4v) is 2.61. The average molecular weight is 331 g/mol. The Balaban J connectivity index is 1.69. The molecule has 0 atom stereocenters. The van der Waals surface area contributed by atoms with Gasteiger partial charge in [0.25, 0.3) is 5.91 Å². The molecular weight excluding hydrogens is 314 g/mol. The molecule has 0 saturated heterocycles. The Hall–Kier alpha value is -2.47. The third-order valence-corrected chi connectivity index (χ3v) is 3.93. The number of benzene rings is 1. The number of esters is 1. The summed E-state index contributed by atoms with van der Waals surface area (Å²) in [5.41, 5.74) is 1.67. The number of ether oxygens (including phenoxy) is 1. The van der Waals surface area contributed by atoms with Crippen molar-refractivity contribution in [2.45, 2.75) is 19.8 Å². The van der Waals surface area contributed by atoms with Gasteiger partial charge in [0, 0.05) is 12.1 Å². The lowest BCUT2D eigenvalue weighted by atomic mass is 10.2. The molecule has 2 rings (SSSR count). The minimum atomic E-state index is -0.561. The van der Waals surface area contributed by atoms with Gasteiger partial charge in [-0.15, -0.1) is 11.3 Å². The highest BCUT2D eigenvalue weighted by Gasteiger charge is 2.12. The summed E-state index contributed by atoms with van der Waals surface area (Å²) in [7, 11) is 0. The number of anilines is 1. The average Bonchev–Trinajstić information content (AvgIpc) is 3.05. The number of ketones is 1. The van der Waals surface area contributed by atoms with Crippen LogP contribution in [-0.4, -0.2) is 24.3 Å². The molecule has 0 fully saturated rings. The molecule has 120 valence electrons. The fourth-order valence-electron chi connectivity index (χ4n) is 1.91. The lowest BCUT2D eigenvalue weighted by molar-refractivity contribution is -0.147. The second kappa shape index (κ2) is 8.24. The van der Waals surface area contributed by atoms with Crippen LogP contribution in [0.2, 0.25) is 0 Å². The van der Waals surface area contributed by atoms with Gasteiger partial charge in [-0.1, -0.05) is 18.2 Å². The number of Topliss-reactive ketones (excluding diaryl/α,β-unsaturated/α-hetero) is 1. The van der Waals surface area contributed by atoms with Crippen molar-refractivity contribution in [3.63, 3.8) is 0 Å². The molecule has 1 heterocycles. The van der Waals surface area contributed by atoms with Crippen molar-refractivity contribution in [3.05, 3.63) is 52.2 Å². The predicted molar refractivity (Wildman–Crippen MR) is 88.7 cm³/mol. The summed E-state index contributed by atoms with van der Waals surface area (Å²) < 4.78 is 4.87. The summed E-state index contributed by atoms with van der Waals surface area (Å²) in [5, 5.41) is 4.45. The quantitative estimate of drug-likeness (QED) is 0.624. The summed E-state index contributed by atoms with van der Waals surface area (Å²) in [6.45, 7) is 1.56.